The maximum Gasteiger partial charge on any atom is 0.254 e. The van der Waals surface area contributed by atoms with Crippen molar-refractivity contribution < 1.29 is 14.0 Å². The van der Waals surface area contributed by atoms with Crippen LogP contribution < -0.4 is 0 Å². The van der Waals surface area contributed by atoms with E-state index in [1.54, 1.807) is 0 Å². The van der Waals surface area contributed by atoms with Crippen LogP contribution in [0, 0.1) is 0 Å². The highest BCUT2D eigenvalue weighted by Gasteiger charge is 2.23. The first-order valence-electron chi connectivity index (χ1n) is 7.33. The summed E-state index contributed by atoms with van der Waals surface area (Å²) in [5, 5.41) is 0. The molecule has 0 radical (unpaired) electrons. The van der Waals surface area contributed by atoms with E-state index < -0.39 is 0 Å². The van der Waals surface area contributed by atoms with Crippen LogP contribution in [0.5, 0.6) is 0 Å². The smallest absolute Gasteiger partial charge is 0.254 e. The highest BCUT2D eigenvalue weighted by molar-refractivity contribution is 9.10. The summed E-state index contributed by atoms with van der Waals surface area (Å²) in [5.41, 5.74) is 1.97. The second-order valence-electron chi connectivity index (χ2n) is 6.47. The zero-order chi connectivity index (χ0) is 15.5. The van der Waals surface area contributed by atoms with Gasteiger partial charge in [-0.3, -0.25) is 4.79 Å². The van der Waals surface area contributed by atoms with Gasteiger partial charge in [0.2, 0.25) is 0 Å². The van der Waals surface area contributed by atoms with Crippen LogP contribution in [0.3, 0.4) is 0 Å². The van der Waals surface area contributed by atoms with Crippen molar-refractivity contribution in [2.45, 2.75) is 6.42 Å². The number of quaternary nitrogens is 1. The second kappa shape index (κ2) is 6.90. The van der Waals surface area contributed by atoms with Gasteiger partial charge in [0.05, 0.1) is 34.4 Å². The fourth-order valence-corrected chi connectivity index (χ4v) is 2.74. The molecule has 1 aliphatic rings. The van der Waals surface area contributed by atoms with Gasteiger partial charge in [-0.15, -0.1) is 0 Å². The summed E-state index contributed by atoms with van der Waals surface area (Å²) in [6.45, 7) is 3.77. The standard InChI is InChI=1S/C16H24BrN2O2/c1-19(2,3)9-11-21-10-8-18-7-6-13-12-14(17)4-5-15(13)16(18)20/h4-5,12H,6-11H2,1-3H3/q+1. The van der Waals surface area contributed by atoms with E-state index in [2.05, 4.69) is 37.1 Å². The molecule has 21 heavy (non-hydrogen) atoms. The summed E-state index contributed by atoms with van der Waals surface area (Å²) in [5.74, 6) is 0.124. The maximum absolute atomic E-state index is 12.4. The highest BCUT2D eigenvalue weighted by Crippen LogP contribution is 2.22. The van der Waals surface area contributed by atoms with E-state index in [-0.39, 0.29) is 5.91 Å². The summed E-state index contributed by atoms with van der Waals surface area (Å²) < 4.78 is 7.58. The molecule has 0 aromatic heterocycles. The predicted molar refractivity (Wildman–Crippen MR) is 87.5 cm³/mol. The molecule has 0 fully saturated rings. The molecule has 0 saturated heterocycles. The van der Waals surface area contributed by atoms with Crippen LogP contribution >= 0.6 is 15.9 Å². The third-order valence-corrected chi connectivity index (χ3v) is 4.14. The van der Waals surface area contributed by atoms with Crippen molar-refractivity contribution in [2.24, 2.45) is 0 Å². The maximum atomic E-state index is 12.4. The lowest BCUT2D eigenvalue weighted by molar-refractivity contribution is -0.870. The van der Waals surface area contributed by atoms with Crippen LogP contribution in [0.1, 0.15) is 15.9 Å². The van der Waals surface area contributed by atoms with Crippen molar-refractivity contribution in [3.63, 3.8) is 0 Å². The van der Waals surface area contributed by atoms with Gasteiger partial charge in [0.1, 0.15) is 6.54 Å². The summed E-state index contributed by atoms with van der Waals surface area (Å²) in [7, 11) is 6.44. The van der Waals surface area contributed by atoms with E-state index in [1.807, 2.05) is 23.1 Å². The van der Waals surface area contributed by atoms with E-state index in [4.69, 9.17) is 4.74 Å². The number of nitrogens with zero attached hydrogens (tertiary/aromatic N) is 2. The van der Waals surface area contributed by atoms with Gasteiger partial charge in [-0.05, 0) is 30.2 Å². The molecule has 0 atom stereocenters. The Kier molecular flexibility index (Phi) is 5.41. The fourth-order valence-electron chi connectivity index (χ4n) is 2.33. The predicted octanol–water partition coefficient (Wildman–Crippen LogP) is 2.17. The number of likely N-dealkylation sites (N-methyl/N-ethyl adjacent to an activating group) is 1. The largest absolute Gasteiger partial charge is 0.374 e. The number of hydrogen-bond donors (Lipinski definition) is 0. The molecule has 116 valence electrons. The Morgan fingerprint density at radius 3 is 2.76 bits per heavy atom. The first-order chi connectivity index (χ1) is 9.87. The molecule has 1 aliphatic heterocycles. The van der Waals surface area contributed by atoms with Crippen LogP contribution in [0.25, 0.3) is 0 Å². The van der Waals surface area contributed by atoms with Crippen molar-refractivity contribution >= 4 is 21.8 Å². The van der Waals surface area contributed by atoms with Gasteiger partial charge in [-0.25, -0.2) is 0 Å². The number of rotatable bonds is 6. The summed E-state index contributed by atoms with van der Waals surface area (Å²) in [4.78, 5) is 14.3. The monoisotopic (exact) mass is 355 g/mol. The Hall–Kier alpha value is -0.910. The first-order valence-corrected chi connectivity index (χ1v) is 8.12. The van der Waals surface area contributed by atoms with Crippen LogP contribution in [0.4, 0.5) is 0 Å². The topological polar surface area (TPSA) is 29.5 Å². The molecule has 0 spiro atoms. The Bertz CT molecular complexity index is 511. The molecule has 1 aromatic rings. The molecule has 0 unspecified atom stereocenters. The number of amides is 1. The van der Waals surface area contributed by atoms with E-state index in [0.29, 0.717) is 13.2 Å². The molecule has 0 aliphatic carbocycles. The SMILES string of the molecule is C[N+](C)(C)CCOCCN1CCc2cc(Br)ccc2C1=O. The van der Waals surface area contributed by atoms with Crippen LogP contribution in [-0.2, 0) is 11.2 Å². The molecule has 1 amide bonds. The zero-order valence-electron chi connectivity index (χ0n) is 13.1. The van der Waals surface area contributed by atoms with Gasteiger partial charge in [0.15, 0.2) is 0 Å². The van der Waals surface area contributed by atoms with Crippen molar-refractivity contribution in [3.05, 3.63) is 33.8 Å². The van der Waals surface area contributed by atoms with Crippen molar-refractivity contribution in [2.75, 3.05) is 54.0 Å². The van der Waals surface area contributed by atoms with Crippen molar-refractivity contribution in [3.8, 4) is 0 Å². The van der Waals surface area contributed by atoms with Crippen LogP contribution in [0.15, 0.2) is 22.7 Å². The Morgan fingerprint density at radius 2 is 2.05 bits per heavy atom. The number of ether oxygens (including phenoxy) is 1. The minimum atomic E-state index is 0.124. The van der Waals surface area contributed by atoms with Gasteiger partial charge >= 0.3 is 0 Å². The van der Waals surface area contributed by atoms with Gasteiger partial charge < -0.3 is 14.1 Å². The highest BCUT2D eigenvalue weighted by atomic mass is 79.9. The van der Waals surface area contributed by atoms with Crippen LogP contribution in [-0.4, -0.2) is 69.3 Å². The second-order valence-corrected chi connectivity index (χ2v) is 7.39. The molecule has 4 nitrogen and oxygen atoms in total. The molecule has 2 rings (SSSR count). The Labute approximate surface area is 135 Å². The molecular formula is C16H24BrN2O2+. The van der Waals surface area contributed by atoms with E-state index in [0.717, 1.165) is 46.2 Å². The molecular weight excluding hydrogens is 332 g/mol. The van der Waals surface area contributed by atoms with Gasteiger partial charge in [-0.2, -0.15) is 0 Å². The van der Waals surface area contributed by atoms with E-state index in [1.165, 1.54) is 0 Å². The lowest BCUT2D eigenvalue weighted by atomic mass is 9.99. The van der Waals surface area contributed by atoms with Gasteiger partial charge in [0.25, 0.3) is 5.91 Å². The number of halogens is 1. The molecule has 0 N–H and O–H groups in total. The lowest BCUT2D eigenvalue weighted by Crippen LogP contribution is -2.40. The van der Waals surface area contributed by atoms with Gasteiger partial charge in [-0.1, -0.05) is 15.9 Å². The molecule has 5 heteroatoms. The average molecular weight is 356 g/mol. The van der Waals surface area contributed by atoms with Crippen LogP contribution in [0.2, 0.25) is 0 Å². The summed E-state index contributed by atoms with van der Waals surface area (Å²) in [6, 6.07) is 5.88. The Balaban J connectivity index is 1.81. The molecule has 0 bridgehead atoms. The van der Waals surface area contributed by atoms with Crippen molar-refractivity contribution in [1.82, 2.24) is 4.90 Å². The number of carbonyl (C=O) groups excluding carboxylic acids is 1. The third kappa shape index (κ3) is 4.80. The Morgan fingerprint density at radius 1 is 1.29 bits per heavy atom. The first kappa shape index (κ1) is 16.5. The van der Waals surface area contributed by atoms with E-state index in [9.17, 15) is 4.79 Å². The summed E-state index contributed by atoms with van der Waals surface area (Å²) >= 11 is 3.45. The number of carbonyl (C=O) groups is 1. The fraction of sp³-hybridized carbons (Fsp3) is 0.562. The number of benzene rings is 1. The van der Waals surface area contributed by atoms with Gasteiger partial charge in [0, 0.05) is 23.1 Å². The number of hydrogen-bond acceptors (Lipinski definition) is 2. The zero-order valence-corrected chi connectivity index (χ0v) is 14.6. The summed E-state index contributed by atoms with van der Waals surface area (Å²) in [6.07, 6.45) is 0.916. The minimum Gasteiger partial charge on any atom is -0.374 e. The minimum absolute atomic E-state index is 0.124. The molecule has 1 heterocycles. The normalized spacial score (nSPS) is 15.2. The third-order valence-electron chi connectivity index (χ3n) is 3.65. The van der Waals surface area contributed by atoms with E-state index >= 15 is 0 Å². The number of fused-ring (bicyclic) bond motifs is 1. The quantitative estimate of drug-likeness (QED) is 0.578. The molecule has 1 aromatic carbocycles. The van der Waals surface area contributed by atoms with Crippen molar-refractivity contribution in [1.29, 1.82) is 0 Å². The lowest BCUT2D eigenvalue weighted by Gasteiger charge is -2.29. The molecule has 0 saturated carbocycles. The average Bonchev–Trinajstić information content (AvgIpc) is 2.39.